The lowest BCUT2D eigenvalue weighted by molar-refractivity contribution is 0.0123. The van der Waals surface area contributed by atoms with Gasteiger partial charge in [-0.3, -0.25) is 0 Å². The summed E-state index contributed by atoms with van der Waals surface area (Å²) in [7, 11) is -2.26. The number of hydrogen-bond donors (Lipinski definition) is 1. The molecule has 0 saturated carbocycles. The maximum Gasteiger partial charge on any atom is 0.244 e. The third-order valence-electron chi connectivity index (χ3n) is 3.22. The Morgan fingerprint density at radius 1 is 1.30 bits per heavy atom. The Labute approximate surface area is 137 Å². The Bertz CT molecular complexity index is 731. The van der Waals surface area contributed by atoms with Crippen molar-refractivity contribution in [1.82, 2.24) is 4.72 Å². The number of nitrogens with one attached hydrogen (secondary N) is 1. The average Bonchev–Trinajstić information content (AvgIpc) is 2.75. The lowest BCUT2D eigenvalue weighted by Crippen LogP contribution is -2.40. The van der Waals surface area contributed by atoms with Crippen molar-refractivity contribution < 1.29 is 18.0 Å². The molecule has 0 aliphatic carbocycles. The van der Waals surface area contributed by atoms with Crippen LogP contribution in [0.15, 0.2) is 28.3 Å². The number of ether oxygens (including phenoxy) is 1. The van der Waals surface area contributed by atoms with Crippen molar-refractivity contribution in [1.29, 1.82) is 0 Å². The van der Waals surface area contributed by atoms with Gasteiger partial charge in [-0.05, 0) is 52.8 Å². The molecule has 1 heterocycles. The van der Waals surface area contributed by atoms with Crippen LogP contribution in [0.2, 0.25) is 0 Å². The minimum absolute atomic E-state index is 0.0971. The molecule has 128 valence electrons. The molecule has 6 nitrogen and oxygen atoms in total. The van der Waals surface area contributed by atoms with Crippen molar-refractivity contribution in [2.75, 3.05) is 7.11 Å². The fourth-order valence-electron chi connectivity index (χ4n) is 2.33. The van der Waals surface area contributed by atoms with Crippen LogP contribution < -0.4 is 9.46 Å². The van der Waals surface area contributed by atoms with Crippen LogP contribution in [0.5, 0.6) is 5.75 Å². The van der Waals surface area contributed by atoms with Gasteiger partial charge < -0.3 is 9.57 Å². The molecule has 23 heavy (non-hydrogen) atoms. The van der Waals surface area contributed by atoms with Crippen LogP contribution in [0.25, 0.3) is 0 Å². The molecular weight excluding hydrogens is 316 g/mol. The van der Waals surface area contributed by atoms with Gasteiger partial charge in [0.2, 0.25) is 10.0 Å². The van der Waals surface area contributed by atoms with Gasteiger partial charge in [0.1, 0.15) is 16.2 Å². The predicted molar refractivity (Wildman–Crippen MR) is 89.4 cm³/mol. The number of methoxy groups -OCH3 is 1. The van der Waals surface area contributed by atoms with E-state index < -0.39 is 15.6 Å². The van der Waals surface area contributed by atoms with Crippen LogP contribution in [-0.4, -0.2) is 32.4 Å². The van der Waals surface area contributed by atoms with Gasteiger partial charge in [-0.25, -0.2) is 13.1 Å². The SMILES string of the molecule is COc1ccc(C2=NOC(C)(C)C2)cc1S(=O)(=O)NC(C)(C)C. The van der Waals surface area contributed by atoms with Crippen molar-refractivity contribution in [3.63, 3.8) is 0 Å². The largest absolute Gasteiger partial charge is 0.495 e. The first-order valence-corrected chi connectivity index (χ1v) is 8.89. The molecule has 1 aliphatic heterocycles. The highest BCUT2D eigenvalue weighted by Crippen LogP contribution is 2.30. The van der Waals surface area contributed by atoms with Gasteiger partial charge in [0.05, 0.1) is 12.8 Å². The molecule has 1 aromatic carbocycles. The molecule has 0 fully saturated rings. The van der Waals surface area contributed by atoms with E-state index in [2.05, 4.69) is 9.88 Å². The zero-order chi connectivity index (χ0) is 17.5. The third kappa shape index (κ3) is 4.23. The molecular formula is C16H24N2O4S. The van der Waals surface area contributed by atoms with Crippen LogP contribution in [0.3, 0.4) is 0 Å². The van der Waals surface area contributed by atoms with Crippen LogP contribution in [0.1, 0.15) is 46.6 Å². The first-order chi connectivity index (χ1) is 10.4. The summed E-state index contributed by atoms with van der Waals surface area (Å²) >= 11 is 0. The minimum atomic E-state index is -3.71. The van der Waals surface area contributed by atoms with Crippen molar-refractivity contribution in [2.45, 2.75) is 57.1 Å². The fraction of sp³-hybridized carbons (Fsp3) is 0.562. The molecule has 0 saturated heterocycles. The monoisotopic (exact) mass is 340 g/mol. The summed E-state index contributed by atoms with van der Waals surface area (Å²) < 4.78 is 33.2. The predicted octanol–water partition coefficient (Wildman–Crippen LogP) is 2.68. The molecule has 0 atom stereocenters. The zero-order valence-electron chi connectivity index (χ0n) is 14.4. The van der Waals surface area contributed by atoms with Crippen LogP contribution in [0.4, 0.5) is 0 Å². The second-order valence-corrected chi connectivity index (χ2v) is 8.94. The number of nitrogens with zero attached hydrogens (tertiary/aromatic N) is 1. The number of hydrogen-bond acceptors (Lipinski definition) is 5. The summed E-state index contributed by atoms with van der Waals surface area (Å²) in [6, 6.07) is 5.01. The van der Waals surface area contributed by atoms with Crippen LogP contribution in [-0.2, 0) is 14.9 Å². The van der Waals surface area contributed by atoms with E-state index >= 15 is 0 Å². The van der Waals surface area contributed by atoms with Crippen LogP contribution >= 0.6 is 0 Å². The maximum absolute atomic E-state index is 12.7. The third-order valence-corrected chi connectivity index (χ3v) is 5.00. The molecule has 7 heteroatoms. The number of rotatable bonds is 4. The first-order valence-electron chi connectivity index (χ1n) is 7.41. The zero-order valence-corrected chi connectivity index (χ0v) is 15.2. The second kappa shape index (κ2) is 5.79. The first kappa shape index (κ1) is 17.7. The average molecular weight is 340 g/mol. The van der Waals surface area contributed by atoms with Gasteiger partial charge in [0, 0.05) is 17.5 Å². The normalized spacial score (nSPS) is 17.6. The molecule has 0 bridgehead atoms. The molecule has 0 aromatic heterocycles. The lowest BCUT2D eigenvalue weighted by atomic mass is 9.98. The van der Waals surface area contributed by atoms with E-state index in [1.54, 1.807) is 39.0 Å². The molecule has 1 aliphatic rings. The van der Waals surface area contributed by atoms with E-state index in [9.17, 15) is 8.42 Å². The Balaban J connectivity index is 2.45. The van der Waals surface area contributed by atoms with Gasteiger partial charge >= 0.3 is 0 Å². The summed E-state index contributed by atoms with van der Waals surface area (Å²) in [4.78, 5) is 5.46. The Morgan fingerprint density at radius 3 is 2.43 bits per heavy atom. The Morgan fingerprint density at radius 2 is 1.96 bits per heavy atom. The van der Waals surface area contributed by atoms with Crippen molar-refractivity contribution >= 4 is 15.7 Å². The summed E-state index contributed by atoms with van der Waals surface area (Å²) in [6.45, 7) is 9.24. The maximum atomic E-state index is 12.7. The lowest BCUT2D eigenvalue weighted by Gasteiger charge is -2.21. The second-order valence-electron chi connectivity index (χ2n) is 7.29. The summed E-state index contributed by atoms with van der Waals surface area (Å²) in [6.07, 6.45) is 0.617. The van der Waals surface area contributed by atoms with Crippen molar-refractivity contribution in [3.05, 3.63) is 23.8 Å². The number of oxime groups is 1. The standard InChI is InChI=1S/C16H24N2O4S/c1-15(2,3)18-23(19,20)14-9-11(7-8-13(14)21-6)12-10-16(4,5)22-17-12/h7-9,18H,10H2,1-6H3. The highest BCUT2D eigenvalue weighted by atomic mass is 32.2. The van der Waals surface area contributed by atoms with E-state index in [0.717, 1.165) is 5.71 Å². The smallest absolute Gasteiger partial charge is 0.244 e. The number of benzene rings is 1. The Hall–Kier alpha value is -1.60. The van der Waals surface area contributed by atoms with Gasteiger partial charge in [-0.2, -0.15) is 0 Å². The van der Waals surface area contributed by atoms with E-state index in [1.807, 2.05) is 13.8 Å². The minimum Gasteiger partial charge on any atom is -0.495 e. The van der Waals surface area contributed by atoms with Crippen molar-refractivity contribution in [2.24, 2.45) is 5.16 Å². The molecule has 2 rings (SSSR count). The summed E-state index contributed by atoms with van der Waals surface area (Å²) in [5, 5.41) is 4.07. The van der Waals surface area contributed by atoms with Gasteiger partial charge in [-0.1, -0.05) is 5.16 Å². The molecule has 0 spiro atoms. The molecule has 1 N–H and O–H groups in total. The summed E-state index contributed by atoms with van der Waals surface area (Å²) in [5.41, 5.74) is 0.476. The highest BCUT2D eigenvalue weighted by Gasteiger charge is 2.31. The molecule has 0 radical (unpaired) electrons. The van der Waals surface area contributed by atoms with E-state index in [1.165, 1.54) is 7.11 Å². The molecule has 0 unspecified atom stereocenters. The van der Waals surface area contributed by atoms with Crippen LogP contribution in [0, 0.1) is 0 Å². The number of sulfonamides is 1. The highest BCUT2D eigenvalue weighted by molar-refractivity contribution is 7.89. The fourth-order valence-corrected chi connectivity index (χ4v) is 3.94. The van der Waals surface area contributed by atoms with E-state index in [4.69, 9.17) is 9.57 Å². The Kier molecular flexibility index (Phi) is 4.47. The quantitative estimate of drug-likeness (QED) is 0.914. The van der Waals surface area contributed by atoms with Crippen molar-refractivity contribution in [3.8, 4) is 5.75 Å². The van der Waals surface area contributed by atoms with E-state index in [0.29, 0.717) is 17.7 Å². The van der Waals surface area contributed by atoms with Gasteiger partial charge in [-0.15, -0.1) is 0 Å². The van der Waals surface area contributed by atoms with Gasteiger partial charge in [0.15, 0.2) is 0 Å². The van der Waals surface area contributed by atoms with Gasteiger partial charge in [0.25, 0.3) is 0 Å². The van der Waals surface area contributed by atoms with E-state index in [-0.39, 0.29) is 10.5 Å². The summed E-state index contributed by atoms with van der Waals surface area (Å²) in [5.74, 6) is 0.296. The molecule has 1 aromatic rings. The molecule has 0 amide bonds. The topological polar surface area (TPSA) is 77.0 Å².